The van der Waals surface area contributed by atoms with Crippen molar-refractivity contribution in [2.75, 3.05) is 26.7 Å². The number of hydrogen-bond donors (Lipinski definition) is 2. The van der Waals surface area contributed by atoms with Gasteiger partial charge < -0.3 is 15.5 Å². The summed E-state index contributed by atoms with van der Waals surface area (Å²) in [5, 5.41) is 6.40. The highest BCUT2D eigenvalue weighted by Crippen LogP contribution is 2.28. The molecule has 0 aromatic rings. The molecule has 3 rings (SSSR count). The van der Waals surface area contributed by atoms with Crippen molar-refractivity contribution in [1.82, 2.24) is 15.5 Å². The third-order valence-electron chi connectivity index (χ3n) is 4.34. The Balaban J connectivity index is 1.93. The monoisotopic (exact) mass is 253 g/mol. The average Bonchev–Trinajstić information content (AvgIpc) is 2.38. The SMILES string of the molecule is CNC(=O)C(CC(C)C)NC1CN2CCC1CC2. The molecule has 18 heavy (non-hydrogen) atoms. The standard InChI is InChI=1S/C14H27N3O/c1-10(2)8-12(14(18)15-3)16-13-9-17-6-4-11(13)5-7-17/h10-13,16H,4-9H2,1-3H3,(H,15,18). The van der Waals surface area contributed by atoms with Crippen LogP contribution in [-0.4, -0.2) is 49.6 Å². The Bertz CT molecular complexity index is 285. The Kier molecular flexibility index (Phi) is 4.62. The summed E-state index contributed by atoms with van der Waals surface area (Å²) in [6.07, 6.45) is 3.50. The topological polar surface area (TPSA) is 44.4 Å². The van der Waals surface area contributed by atoms with Gasteiger partial charge in [0.15, 0.2) is 0 Å². The Morgan fingerprint density at radius 1 is 1.33 bits per heavy atom. The molecular formula is C14H27N3O. The summed E-state index contributed by atoms with van der Waals surface area (Å²) in [4.78, 5) is 14.5. The van der Waals surface area contributed by atoms with Crippen molar-refractivity contribution in [3.63, 3.8) is 0 Å². The molecule has 2 atom stereocenters. The number of hydrogen-bond acceptors (Lipinski definition) is 3. The van der Waals surface area contributed by atoms with E-state index in [-0.39, 0.29) is 11.9 Å². The van der Waals surface area contributed by atoms with Gasteiger partial charge in [0.2, 0.25) is 5.91 Å². The number of amides is 1. The minimum atomic E-state index is -0.0273. The van der Waals surface area contributed by atoms with Gasteiger partial charge in [-0.05, 0) is 44.2 Å². The molecule has 0 spiro atoms. The first-order valence-electron chi connectivity index (χ1n) is 7.30. The van der Waals surface area contributed by atoms with E-state index in [1.807, 2.05) is 0 Å². The van der Waals surface area contributed by atoms with Gasteiger partial charge in [-0.15, -0.1) is 0 Å². The lowest BCUT2D eigenvalue weighted by Crippen LogP contribution is -2.60. The minimum Gasteiger partial charge on any atom is -0.358 e. The van der Waals surface area contributed by atoms with Crippen molar-refractivity contribution in [3.05, 3.63) is 0 Å². The third-order valence-corrected chi connectivity index (χ3v) is 4.34. The second kappa shape index (κ2) is 6.02. The van der Waals surface area contributed by atoms with Crippen LogP contribution in [0.15, 0.2) is 0 Å². The van der Waals surface area contributed by atoms with Crippen molar-refractivity contribution in [3.8, 4) is 0 Å². The van der Waals surface area contributed by atoms with E-state index in [0.29, 0.717) is 12.0 Å². The summed E-state index contributed by atoms with van der Waals surface area (Å²) in [5.41, 5.74) is 0. The number of rotatable bonds is 5. The van der Waals surface area contributed by atoms with Crippen LogP contribution >= 0.6 is 0 Å². The number of fused-ring (bicyclic) bond motifs is 3. The molecule has 0 aromatic heterocycles. The second-order valence-electron chi connectivity index (χ2n) is 6.21. The second-order valence-corrected chi connectivity index (χ2v) is 6.21. The molecule has 4 nitrogen and oxygen atoms in total. The quantitative estimate of drug-likeness (QED) is 0.763. The van der Waals surface area contributed by atoms with Gasteiger partial charge in [0.05, 0.1) is 6.04 Å². The Morgan fingerprint density at radius 2 is 2.00 bits per heavy atom. The predicted molar refractivity (Wildman–Crippen MR) is 73.4 cm³/mol. The molecule has 3 aliphatic rings. The first kappa shape index (κ1) is 13.8. The molecule has 2 unspecified atom stereocenters. The highest BCUT2D eigenvalue weighted by atomic mass is 16.2. The number of nitrogens with one attached hydrogen (secondary N) is 2. The van der Waals surface area contributed by atoms with Crippen LogP contribution in [0.4, 0.5) is 0 Å². The van der Waals surface area contributed by atoms with Crippen LogP contribution in [0.25, 0.3) is 0 Å². The van der Waals surface area contributed by atoms with Gasteiger partial charge >= 0.3 is 0 Å². The van der Waals surface area contributed by atoms with E-state index in [1.165, 1.54) is 25.9 Å². The van der Waals surface area contributed by atoms with Crippen molar-refractivity contribution in [2.24, 2.45) is 11.8 Å². The van der Waals surface area contributed by atoms with Crippen LogP contribution in [0, 0.1) is 11.8 Å². The van der Waals surface area contributed by atoms with Gasteiger partial charge in [0, 0.05) is 19.6 Å². The van der Waals surface area contributed by atoms with E-state index in [2.05, 4.69) is 29.4 Å². The van der Waals surface area contributed by atoms with E-state index in [4.69, 9.17) is 0 Å². The highest BCUT2D eigenvalue weighted by Gasteiger charge is 2.36. The molecule has 3 saturated heterocycles. The zero-order valence-electron chi connectivity index (χ0n) is 11.9. The van der Waals surface area contributed by atoms with Crippen LogP contribution in [0.5, 0.6) is 0 Å². The van der Waals surface area contributed by atoms with Crippen LogP contribution in [-0.2, 0) is 4.79 Å². The molecule has 3 aliphatic heterocycles. The largest absolute Gasteiger partial charge is 0.358 e. The predicted octanol–water partition coefficient (Wildman–Crippen LogP) is 0.831. The number of nitrogens with zero attached hydrogens (tertiary/aromatic N) is 1. The van der Waals surface area contributed by atoms with Gasteiger partial charge in [-0.3, -0.25) is 4.79 Å². The first-order chi connectivity index (χ1) is 8.60. The number of likely N-dealkylation sites (N-methyl/N-ethyl adjacent to an activating group) is 1. The molecular weight excluding hydrogens is 226 g/mol. The Morgan fingerprint density at radius 3 is 2.44 bits per heavy atom. The maximum atomic E-state index is 11.9. The molecule has 3 fully saturated rings. The summed E-state index contributed by atoms with van der Waals surface area (Å²) in [5.74, 6) is 1.45. The van der Waals surface area contributed by atoms with Gasteiger partial charge in [0.25, 0.3) is 0 Å². The molecule has 4 heteroatoms. The average molecular weight is 253 g/mol. The van der Waals surface area contributed by atoms with Gasteiger partial charge in [-0.1, -0.05) is 13.8 Å². The zero-order valence-corrected chi connectivity index (χ0v) is 11.9. The van der Waals surface area contributed by atoms with E-state index in [9.17, 15) is 4.79 Å². The third kappa shape index (κ3) is 3.23. The molecule has 0 radical (unpaired) electrons. The number of carbonyl (C=O) groups is 1. The van der Waals surface area contributed by atoms with Crippen LogP contribution < -0.4 is 10.6 Å². The van der Waals surface area contributed by atoms with Gasteiger partial charge in [-0.25, -0.2) is 0 Å². The van der Waals surface area contributed by atoms with Gasteiger partial charge in [-0.2, -0.15) is 0 Å². The van der Waals surface area contributed by atoms with Crippen molar-refractivity contribution < 1.29 is 4.79 Å². The summed E-state index contributed by atoms with van der Waals surface area (Å²) < 4.78 is 0. The summed E-state index contributed by atoms with van der Waals surface area (Å²) in [7, 11) is 1.73. The molecule has 0 aromatic carbocycles. The van der Waals surface area contributed by atoms with Crippen molar-refractivity contribution in [1.29, 1.82) is 0 Å². The van der Waals surface area contributed by atoms with E-state index < -0.39 is 0 Å². The summed E-state index contributed by atoms with van der Waals surface area (Å²) in [6.45, 7) is 7.97. The normalized spacial score (nSPS) is 32.6. The highest BCUT2D eigenvalue weighted by molar-refractivity contribution is 5.81. The fourth-order valence-corrected chi connectivity index (χ4v) is 3.31. The molecule has 104 valence electrons. The Labute approximate surface area is 110 Å². The molecule has 2 N–H and O–H groups in total. The van der Waals surface area contributed by atoms with E-state index >= 15 is 0 Å². The van der Waals surface area contributed by atoms with Crippen LogP contribution in [0.1, 0.15) is 33.1 Å². The minimum absolute atomic E-state index is 0.0273. The lowest BCUT2D eigenvalue weighted by atomic mass is 9.83. The lowest BCUT2D eigenvalue weighted by Gasteiger charge is -2.46. The molecule has 0 aliphatic carbocycles. The molecule has 2 bridgehead atoms. The molecule has 3 heterocycles. The maximum absolute atomic E-state index is 11.9. The number of carbonyl (C=O) groups excluding carboxylic acids is 1. The Hall–Kier alpha value is -0.610. The van der Waals surface area contributed by atoms with Crippen LogP contribution in [0.3, 0.4) is 0 Å². The summed E-state index contributed by atoms with van der Waals surface area (Å²) >= 11 is 0. The fraction of sp³-hybridized carbons (Fsp3) is 0.929. The summed E-state index contributed by atoms with van der Waals surface area (Å²) in [6, 6.07) is 0.481. The fourth-order valence-electron chi connectivity index (χ4n) is 3.31. The molecule has 0 saturated carbocycles. The zero-order chi connectivity index (χ0) is 13.1. The molecule has 1 amide bonds. The first-order valence-corrected chi connectivity index (χ1v) is 7.30. The van der Waals surface area contributed by atoms with Gasteiger partial charge in [0.1, 0.15) is 0 Å². The van der Waals surface area contributed by atoms with E-state index in [0.717, 1.165) is 18.9 Å². The smallest absolute Gasteiger partial charge is 0.236 e. The maximum Gasteiger partial charge on any atom is 0.236 e. The van der Waals surface area contributed by atoms with Crippen LogP contribution in [0.2, 0.25) is 0 Å². The van der Waals surface area contributed by atoms with Crippen molar-refractivity contribution in [2.45, 2.75) is 45.2 Å². The number of piperidine rings is 3. The van der Waals surface area contributed by atoms with E-state index in [1.54, 1.807) is 7.05 Å². The van der Waals surface area contributed by atoms with Crippen molar-refractivity contribution >= 4 is 5.91 Å². The lowest BCUT2D eigenvalue weighted by molar-refractivity contribution is -0.123.